The van der Waals surface area contributed by atoms with Gasteiger partial charge in [-0.2, -0.15) is 5.26 Å². The molecule has 0 radical (unpaired) electrons. The van der Waals surface area contributed by atoms with Crippen LogP contribution in [0.25, 0.3) is 6.08 Å². The molecule has 0 saturated carbocycles. The molecule has 2 rings (SSSR count). The first-order valence-corrected chi connectivity index (χ1v) is 8.54. The zero-order chi connectivity index (χ0) is 18.9. The molecule has 0 unspecified atom stereocenters. The van der Waals surface area contributed by atoms with E-state index in [1.165, 1.54) is 6.08 Å². The number of amides is 1. The minimum absolute atomic E-state index is 0.0673. The predicted octanol–water partition coefficient (Wildman–Crippen LogP) is 4.68. The van der Waals surface area contributed by atoms with Crippen molar-refractivity contribution in [1.82, 2.24) is 0 Å². The maximum absolute atomic E-state index is 12.3. The lowest BCUT2D eigenvalue weighted by Gasteiger charge is -2.13. The molecule has 134 valence electrons. The van der Waals surface area contributed by atoms with E-state index in [1.54, 1.807) is 36.4 Å². The Morgan fingerprint density at radius 2 is 1.77 bits per heavy atom. The van der Waals surface area contributed by atoms with Gasteiger partial charge in [0.2, 0.25) is 0 Å². The van der Waals surface area contributed by atoms with E-state index in [2.05, 4.69) is 5.32 Å². The maximum Gasteiger partial charge on any atom is 0.266 e. The van der Waals surface area contributed by atoms with E-state index in [0.29, 0.717) is 41.0 Å². The zero-order valence-electron chi connectivity index (χ0n) is 14.6. The number of rotatable bonds is 7. The lowest BCUT2D eigenvalue weighted by molar-refractivity contribution is -0.112. The second-order valence-corrected chi connectivity index (χ2v) is 5.58. The summed E-state index contributed by atoms with van der Waals surface area (Å²) >= 11 is 6.28. The van der Waals surface area contributed by atoms with Crippen LogP contribution >= 0.6 is 11.6 Å². The number of nitrogens with zero attached hydrogens (tertiary/aromatic N) is 1. The van der Waals surface area contributed by atoms with Gasteiger partial charge in [-0.15, -0.1) is 0 Å². The fourth-order valence-corrected chi connectivity index (χ4v) is 2.43. The molecule has 2 aromatic carbocycles. The molecule has 2 aromatic rings. The third kappa shape index (κ3) is 5.01. The number of anilines is 1. The first-order valence-electron chi connectivity index (χ1n) is 8.16. The van der Waals surface area contributed by atoms with Crippen LogP contribution in [0.5, 0.6) is 11.5 Å². The molecule has 0 atom stereocenters. The third-order valence-corrected chi connectivity index (χ3v) is 3.69. The molecule has 0 aromatic heterocycles. The Morgan fingerprint density at radius 1 is 1.15 bits per heavy atom. The molecule has 1 amide bonds. The summed E-state index contributed by atoms with van der Waals surface area (Å²) in [7, 11) is 0. The number of nitrogens with one attached hydrogen (secondary N) is 1. The SMILES string of the molecule is CCOc1cc(Cl)c(/C=C(\C#N)C(=O)Nc2ccccc2)cc1OCC. The summed E-state index contributed by atoms with van der Waals surface area (Å²) in [6, 6.07) is 14.1. The van der Waals surface area contributed by atoms with E-state index >= 15 is 0 Å². The largest absolute Gasteiger partial charge is 0.490 e. The minimum Gasteiger partial charge on any atom is -0.490 e. The van der Waals surface area contributed by atoms with Crippen LogP contribution in [0.1, 0.15) is 19.4 Å². The fraction of sp³-hybridized carbons (Fsp3) is 0.200. The van der Waals surface area contributed by atoms with Crippen LogP contribution in [-0.2, 0) is 4.79 Å². The number of hydrogen-bond acceptors (Lipinski definition) is 4. The predicted molar refractivity (Wildman–Crippen MR) is 102 cm³/mol. The van der Waals surface area contributed by atoms with Crippen LogP contribution in [0, 0.1) is 11.3 Å². The van der Waals surface area contributed by atoms with E-state index in [9.17, 15) is 10.1 Å². The van der Waals surface area contributed by atoms with Crippen molar-refractivity contribution in [2.45, 2.75) is 13.8 Å². The van der Waals surface area contributed by atoms with Gasteiger partial charge in [0.15, 0.2) is 11.5 Å². The number of hydrogen-bond donors (Lipinski definition) is 1. The second kappa shape index (κ2) is 9.50. The van der Waals surface area contributed by atoms with Crippen molar-refractivity contribution in [2.75, 3.05) is 18.5 Å². The van der Waals surface area contributed by atoms with Gasteiger partial charge in [-0.25, -0.2) is 0 Å². The Labute approximate surface area is 157 Å². The van der Waals surface area contributed by atoms with Gasteiger partial charge in [-0.3, -0.25) is 4.79 Å². The van der Waals surface area contributed by atoms with Crippen molar-refractivity contribution in [3.8, 4) is 17.6 Å². The van der Waals surface area contributed by atoms with Crippen LogP contribution in [0.15, 0.2) is 48.0 Å². The first-order chi connectivity index (χ1) is 12.6. The Kier molecular flexibility index (Phi) is 7.07. The van der Waals surface area contributed by atoms with E-state index in [1.807, 2.05) is 26.0 Å². The van der Waals surface area contributed by atoms with E-state index in [4.69, 9.17) is 21.1 Å². The third-order valence-electron chi connectivity index (χ3n) is 3.36. The van der Waals surface area contributed by atoms with E-state index < -0.39 is 5.91 Å². The van der Waals surface area contributed by atoms with Crippen molar-refractivity contribution >= 4 is 29.3 Å². The van der Waals surface area contributed by atoms with Gasteiger partial charge in [-0.05, 0) is 43.7 Å². The lowest BCUT2D eigenvalue weighted by Crippen LogP contribution is -2.13. The Balaban J connectivity index is 2.34. The van der Waals surface area contributed by atoms with Crippen molar-refractivity contribution in [1.29, 1.82) is 5.26 Å². The van der Waals surface area contributed by atoms with Crippen molar-refractivity contribution < 1.29 is 14.3 Å². The number of benzene rings is 2. The Hall–Kier alpha value is -2.97. The maximum atomic E-state index is 12.3. The Morgan fingerprint density at radius 3 is 2.35 bits per heavy atom. The summed E-state index contributed by atoms with van der Waals surface area (Å²) in [4.78, 5) is 12.3. The van der Waals surface area contributed by atoms with Crippen LogP contribution < -0.4 is 14.8 Å². The smallest absolute Gasteiger partial charge is 0.266 e. The van der Waals surface area contributed by atoms with Crippen LogP contribution in [-0.4, -0.2) is 19.1 Å². The van der Waals surface area contributed by atoms with Gasteiger partial charge < -0.3 is 14.8 Å². The summed E-state index contributed by atoms with van der Waals surface area (Å²) in [6.07, 6.45) is 1.43. The number of nitriles is 1. The lowest BCUT2D eigenvalue weighted by atomic mass is 10.1. The summed E-state index contributed by atoms with van der Waals surface area (Å²) < 4.78 is 11.1. The normalized spacial score (nSPS) is 10.8. The van der Waals surface area contributed by atoms with E-state index in [0.717, 1.165) is 0 Å². The van der Waals surface area contributed by atoms with Crippen molar-refractivity contribution in [3.05, 3.63) is 58.6 Å². The summed E-state index contributed by atoms with van der Waals surface area (Å²) in [5.41, 5.74) is 1.03. The number of para-hydroxylation sites is 1. The summed E-state index contributed by atoms with van der Waals surface area (Å²) in [5, 5.41) is 12.4. The minimum atomic E-state index is -0.512. The molecule has 0 aliphatic heterocycles. The molecule has 0 aliphatic rings. The molecule has 26 heavy (non-hydrogen) atoms. The second-order valence-electron chi connectivity index (χ2n) is 5.18. The molecule has 5 nitrogen and oxygen atoms in total. The molecule has 1 N–H and O–H groups in total. The van der Waals surface area contributed by atoms with Gasteiger partial charge in [0.05, 0.1) is 18.2 Å². The highest BCUT2D eigenvalue weighted by atomic mass is 35.5. The molecule has 0 heterocycles. The zero-order valence-corrected chi connectivity index (χ0v) is 15.3. The van der Waals surface area contributed by atoms with Crippen LogP contribution in [0.3, 0.4) is 0 Å². The van der Waals surface area contributed by atoms with Gasteiger partial charge in [0.1, 0.15) is 11.6 Å². The topological polar surface area (TPSA) is 71.3 Å². The van der Waals surface area contributed by atoms with Crippen LogP contribution in [0.2, 0.25) is 5.02 Å². The van der Waals surface area contributed by atoms with Gasteiger partial charge in [-0.1, -0.05) is 29.8 Å². The van der Waals surface area contributed by atoms with Gasteiger partial charge in [0.25, 0.3) is 5.91 Å². The average molecular weight is 371 g/mol. The number of carbonyl (C=O) groups excluding carboxylic acids is 1. The van der Waals surface area contributed by atoms with Crippen molar-refractivity contribution in [2.24, 2.45) is 0 Å². The van der Waals surface area contributed by atoms with Gasteiger partial charge in [0, 0.05) is 11.8 Å². The quantitative estimate of drug-likeness (QED) is 0.567. The molecule has 0 spiro atoms. The Bertz CT molecular complexity index is 842. The molecule has 6 heteroatoms. The van der Waals surface area contributed by atoms with Crippen molar-refractivity contribution in [3.63, 3.8) is 0 Å². The highest BCUT2D eigenvalue weighted by Crippen LogP contribution is 2.34. The number of carbonyl (C=O) groups is 1. The molecular formula is C20H19ClN2O3. The standard InChI is InChI=1S/C20H19ClN2O3/c1-3-25-18-11-14(17(21)12-19(18)26-4-2)10-15(13-22)20(24)23-16-8-6-5-7-9-16/h5-12H,3-4H2,1-2H3,(H,23,24)/b15-10+. The fourth-order valence-electron chi connectivity index (χ4n) is 2.22. The summed E-state index contributed by atoms with van der Waals surface area (Å²) in [5.74, 6) is 0.510. The molecular weight excluding hydrogens is 352 g/mol. The summed E-state index contributed by atoms with van der Waals surface area (Å²) in [6.45, 7) is 4.63. The molecule has 0 bridgehead atoms. The monoisotopic (exact) mass is 370 g/mol. The average Bonchev–Trinajstić information content (AvgIpc) is 2.64. The van der Waals surface area contributed by atoms with Gasteiger partial charge >= 0.3 is 0 Å². The highest BCUT2D eigenvalue weighted by Gasteiger charge is 2.14. The number of halogens is 1. The molecule has 0 fully saturated rings. The van der Waals surface area contributed by atoms with Crippen LogP contribution in [0.4, 0.5) is 5.69 Å². The molecule has 0 aliphatic carbocycles. The highest BCUT2D eigenvalue weighted by molar-refractivity contribution is 6.32. The van der Waals surface area contributed by atoms with E-state index in [-0.39, 0.29) is 5.57 Å². The number of ether oxygens (including phenoxy) is 2. The first kappa shape index (κ1) is 19.4. The molecule has 0 saturated heterocycles.